The van der Waals surface area contributed by atoms with Crippen LogP contribution in [0.3, 0.4) is 0 Å². The van der Waals surface area contributed by atoms with Gasteiger partial charge in [0.1, 0.15) is 12.4 Å². The number of esters is 1. The molecule has 0 bridgehead atoms. The first kappa shape index (κ1) is 19.8. The first-order valence-corrected chi connectivity index (χ1v) is 9.29. The lowest BCUT2D eigenvalue weighted by Gasteiger charge is -2.13. The van der Waals surface area contributed by atoms with Gasteiger partial charge in [-0.2, -0.15) is 0 Å². The van der Waals surface area contributed by atoms with E-state index in [2.05, 4.69) is 27.5 Å². The number of hydrogen-bond donors (Lipinski definition) is 0. The molecule has 0 unspecified atom stereocenters. The van der Waals surface area contributed by atoms with Crippen LogP contribution in [0.15, 0.2) is 64.2 Å². The number of rotatable bonds is 7. The number of carbonyl (C=O) groups excluding carboxylic acids is 1. The van der Waals surface area contributed by atoms with Crippen LogP contribution in [-0.4, -0.2) is 25.1 Å². The molecule has 1 heterocycles. The van der Waals surface area contributed by atoms with Crippen molar-refractivity contribution in [2.75, 3.05) is 13.2 Å². The minimum atomic E-state index is -0.611. The number of cyclic esters (lactones) is 1. The Morgan fingerprint density at radius 3 is 2.82 bits per heavy atom. The van der Waals surface area contributed by atoms with Crippen molar-refractivity contribution in [1.29, 1.82) is 0 Å². The average molecular weight is 446 g/mol. The topological polar surface area (TPSA) is 57.1 Å². The van der Waals surface area contributed by atoms with Gasteiger partial charge in [0.2, 0.25) is 5.90 Å². The number of benzene rings is 2. The van der Waals surface area contributed by atoms with Gasteiger partial charge in [0, 0.05) is 5.56 Å². The van der Waals surface area contributed by atoms with Crippen LogP contribution in [0.25, 0.3) is 6.08 Å². The molecule has 0 amide bonds. The number of hydrogen-bond acceptors (Lipinski definition) is 5. The van der Waals surface area contributed by atoms with Crippen LogP contribution >= 0.6 is 15.9 Å². The van der Waals surface area contributed by atoms with E-state index in [9.17, 15) is 9.18 Å². The second-order valence-corrected chi connectivity index (χ2v) is 6.56. The summed E-state index contributed by atoms with van der Waals surface area (Å²) < 4.78 is 30.5. The Bertz CT molecular complexity index is 984. The lowest BCUT2D eigenvalue weighted by atomic mass is 10.1. The van der Waals surface area contributed by atoms with E-state index in [0.717, 1.165) is 0 Å². The largest absolute Gasteiger partial charge is 0.490 e. The van der Waals surface area contributed by atoms with Crippen LogP contribution in [0.4, 0.5) is 4.39 Å². The van der Waals surface area contributed by atoms with Crippen molar-refractivity contribution in [1.82, 2.24) is 0 Å². The zero-order valence-electron chi connectivity index (χ0n) is 15.1. The lowest BCUT2D eigenvalue weighted by molar-refractivity contribution is -0.129. The van der Waals surface area contributed by atoms with E-state index in [1.807, 2.05) is 6.92 Å². The molecular weight excluding hydrogens is 429 g/mol. The van der Waals surface area contributed by atoms with Gasteiger partial charge in [-0.05, 0) is 64.8 Å². The Labute approximate surface area is 170 Å². The van der Waals surface area contributed by atoms with Crippen LogP contribution in [-0.2, 0) is 9.53 Å². The smallest absolute Gasteiger partial charge is 0.363 e. The van der Waals surface area contributed by atoms with Gasteiger partial charge in [-0.1, -0.05) is 18.7 Å². The highest BCUT2D eigenvalue weighted by Crippen LogP contribution is 2.38. The molecule has 0 saturated carbocycles. The van der Waals surface area contributed by atoms with E-state index >= 15 is 0 Å². The van der Waals surface area contributed by atoms with Crippen molar-refractivity contribution in [2.24, 2.45) is 4.99 Å². The summed E-state index contributed by atoms with van der Waals surface area (Å²) in [6.45, 7) is 6.27. The van der Waals surface area contributed by atoms with Gasteiger partial charge in [-0.15, -0.1) is 0 Å². The van der Waals surface area contributed by atoms with Crippen molar-refractivity contribution < 1.29 is 23.4 Å². The van der Waals surface area contributed by atoms with E-state index in [1.165, 1.54) is 18.2 Å². The van der Waals surface area contributed by atoms with Crippen LogP contribution in [0.2, 0.25) is 0 Å². The van der Waals surface area contributed by atoms with Crippen molar-refractivity contribution in [2.45, 2.75) is 6.92 Å². The molecule has 0 saturated heterocycles. The van der Waals surface area contributed by atoms with E-state index in [1.54, 1.807) is 30.4 Å². The molecule has 1 aliphatic rings. The van der Waals surface area contributed by atoms with Gasteiger partial charge in [0.25, 0.3) is 0 Å². The molecule has 0 atom stereocenters. The number of carbonyl (C=O) groups is 1. The summed E-state index contributed by atoms with van der Waals surface area (Å²) in [4.78, 5) is 16.4. The molecule has 3 rings (SSSR count). The quantitative estimate of drug-likeness (QED) is 0.345. The molecule has 2 aromatic rings. The molecule has 0 radical (unpaired) electrons. The van der Waals surface area contributed by atoms with Gasteiger partial charge in [0.05, 0.1) is 11.1 Å². The van der Waals surface area contributed by atoms with Gasteiger partial charge in [-0.3, -0.25) is 0 Å². The Morgan fingerprint density at radius 1 is 1.29 bits per heavy atom. The van der Waals surface area contributed by atoms with Crippen molar-refractivity contribution in [3.05, 3.63) is 76.2 Å². The fourth-order valence-electron chi connectivity index (χ4n) is 2.53. The summed E-state index contributed by atoms with van der Waals surface area (Å²) in [6.07, 6.45) is 3.20. The molecule has 1 aliphatic heterocycles. The first-order chi connectivity index (χ1) is 13.5. The third kappa shape index (κ3) is 4.48. The highest BCUT2D eigenvalue weighted by Gasteiger charge is 2.24. The molecule has 144 valence electrons. The summed E-state index contributed by atoms with van der Waals surface area (Å²) in [5, 5.41) is 0. The average Bonchev–Trinajstić information content (AvgIpc) is 3.02. The number of ether oxygens (including phenoxy) is 3. The van der Waals surface area contributed by atoms with Crippen LogP contribution in [0, 0.1) is 5.82 Å². The van der Waals surface area contributed by atoms with Gasteiger partial charge in [-0.25, -0.2) is 14.2 Å². The highest BCUT2D eigenvalue weighted by molar-refractivity contribution is 9.10. The standard InChI is InChI=1S/C21H17BrFNO4/c1-3-8-27-19-16(22)9-13(11-18(19)26-4-2)10-17-21(25)28-20(24-17)14-6-5-7-15(23)12-14/h3,5-7,9-12H,1,4,8H2,2H3/b17-10+. The predicted octanol–water partition coefficient (Wildman–Crippen LogP) is 4.90. The third-order valence-electron chi connectivity index (χ3n) is 3.67. The van der Waals surface area contributed by atoms with Gasteiger partial charge < -0.3 is 14.2 Å². The van der Waals surface area contributed by atoms with Crippen molar-refractivity contribution in [3.63, 3.8) is 0 Å². The fourth-order valence-corrected chi connectivity index (χ4v) is 3.10. The number of nitrogens with zero attached hydrogens (tertiary/aromatic N) is 1. The SMILES string of the molecule is C=CCOc1c(Br)cc(/C=C2/N=C(c3cccc(F)c3)OC2=O)cc1OCC. The summed E-state index contributed by atoms with van der Waals surface area (Å²) in [7, 11) is 0. The van der Waals surface area contributed by atoms with E-state index in [-0.39, 0.29) is 11.6 Å². The number of halogens is 2. The predicted molar refractivity (Wildman–Crippen MR) is 108 cm³/mol. The van der Waals surface area contributed by atoms with Crippen LogP contribution < -0.4 is 9.47 Å². The van der Waals surface area contributed by atoms with Crippen molar-refractivity contribution in [3.8, 4) is 11.5 Å². The molecule has 7 heteroatoms. The monoisotopic (exact) mass is 445 g/mol. The molecule has 28 heavy (non-hydrogen) atoms. The number of aliphatic imine (C=N–C) groups is 1. The molecule has 0 spiro atoms. The normalized spacial score (nSPS) is 14.6. The second kappa shape index (κ2) is 8.84. The lowest BCUT2D eigenvalue weighted by Crippen LogP contribution is -2.05. The summed E-state index contributed by atoms with van der Waals surface area (Å²) in [6, 6.07) is 9.22. The molecular formula is C21H17BrFNO4. The van der Waals surface area contributed by atoms with Gasteiger partial charge in [0.15, 0.2) is 17.2 Å². The minimum Gasteiger partial charge on any atom is -0.490 e. The molecule has 0 fully saturated rings. The summed E-state index contributed by atoms with van der Waals surface area (Å²) >= 11 is 3.46. The molecule has 0 aromatic heterocycles. The molecule has 2 aromatic carbocycles. The maximum Gasteiger partial charge on any atom is 0.363 e. The maximum atomic E-state index is 13.4. The Balaban J connectivity index is 1.95. The first-order valence-electron chi connectivity index (χ1n) is 8.50. The van der Waals surface area contributed by atoms with Crippen LogP contribution in [0.1, 0.15) is 18.1 Å². The zero-order chi connectivity index (χ0) is 20.1. The minimum absolute atomic E-state index is 0.0609. The van der Waals surface area contributed by atoms with Crippen LogP contribution in [0.5, 0.6) is 11.5 Å². The molecule has 5 nitrogen and oxygen atoms in total. The zero-order valence-corrected chi connectivity index (χ0v) is 16.7. The second-order valence-electron chi connectivity index (χ2n) is 5.71. The van der Waals surface area contributed by atoms with E-state index in [0.29, 0.717) is 40.3 Å². The summed E-state index contributed by atoms with van der Waals surface area (Å²) in [5.41, 5.74) is 1.16. The maximum absolute atomic E-state index is 13.4. The Kier molecular flexibility index (Phi) is 6.26. The third-order valence-corrected chi connectivity index (χ3v) is 4.26. The molecule has 0 aliphatic carbocycles. The van der Waals surface area contributed by atoms with Crippen molar-refractivity contribution >= 4 is 33.9 Å². The molecule has 0 N–H and O–H groups in total. The van der Waals surface area contributed by atoms with E-state index in [4.69, 9.17) is 14.2 Å². The summed E-state index contributed by atoms with van der Waals surface area (Å²) in [5.74, 6) is 0.0771. The Hall–Kier alpha value is -2.93. The Morgan fingerprint density at radius 2 is 2.11 bits per heavy atom. The van der Waals surface area contributed by atoms with Gasteiger partial charge >= 0.3 is 5.97 Å². The fraction of sp³-hybridized carbons (Fsp3) is 0.143. The highest BCUT2D eigenvalue weighted by atomic mass is 79.9. The van der Waals surface area contributed by atoms with E-state index < -0.39 is 11.8 Å².